The van der Waals surface area contributed by atoms with Crippen molar-refractivity contribution in [3.05, 3.63) is 154 Å². The molecule has 0 aliphatic carbocycles. The van der Waals surface area contributed by atoms with E-state index in [0.29, 0.717) is 5.56 Å². The van der Waals surface area contributed by atoms with Crippen LogP contribution in [0.5, 0.6) is 0 Å². The van der Waals surface area contributed by atoms with Gasteiger partial charge >= 0.3 is 17.9 Å². The van der Waals surface area contributed by atoms with Gasteiger partial charge in [-0.05, 0) is 40.9 Å². The normalized spacial score (nSPS) is 26.7. The van der Waals surface area contributed by atoms with Gasteiger partial charge in [-0.1, -0.05) is 102 Å². The highest BCUT2D eigenvalue weighted by atomic mass is 16.8. The van der Waals surface area contributed by atoms with Crippen molar-refractivity contribution < 1.29 is 62.1 Å². The van der Waals surface area contributed by atoms with Gasteiger partial charge in [-0.25, -0.2) is 14.4 Å². The number of methoxy groups -OCH3 is 2. The van der Waals surface area contributed by atoms with Crippen molar-refractivity contribution in [2.75, 3.05) is 20.8 Å². The lowest BCUT2D eigenvalue weighted by atomic mass is 9.95. The molecule has 2 heterocycles. The maximum atomic E-state index is 13.7. The minimum Gasteiger partial charge on any atom is -0.467 e. The number of esters is 3. The predicted molar refractivity (Wildman–Crippen MR) is 203 cm³/mol. The molecule has 0 saturated carbocycles. The third-order valence-corrected chi connectivity index (χ3v) is 9.49. The molecule has 0 unspecified atom stereocenters. The smallest absolute Gasteiger partial charge is 0.338 e. The van der Waals surface area contributed by atoms with Gasteiger partial charge in [0.05, 0.1) is 31.5 Å². The van der Waals surface area contributed by atoms with Crippen LogP contribution in [0.1, 0.15) is 31.8 Å². The van der Waals surface area contributed by atoms with Crippen LogP contribution >= 0.6 is 0 Å². The molecule has 2 aliphatic heterocycles. The van der Waals surface area contributed by atoms with Crippen LogP contribution in [0.15, 0.2) is 126 Å². The number of ether oxygens (including phenoxy) is 9. The lowest BCUT2D eigenvalue weighted by Gasteiger charge is -2.48. The van der Waals surface area contributed by atoms with Crippen molar-refractivity contribution in [1.82, 2.24) is 0 Å². The van der Waals surface area contributed by atoms with Crippen molar-refractivity contribution in [1.29, 1.82) is 0 Å². The number of rotatable bonds is 16. The van der Waals surface area contributed by atoms with Crippen LogP contribution < -0.4 is 0 Å². The first-order valence-corrected chi connectivity index (χ1v) is 18.4. The van der Waals surface area contributed by atoms with E-state index in [0.717, 1.165) is 12.7 Å². The first-order valence-electron chi connectivity index (χ1n) is 18.4. The van der Waals surface area contributed by atoms with E-state index in [1.807, 2.05) is 36.4 Å². The summed E-state index contributed by atoms with van der Waals surface area (Å²) >= 11 is 0. The molecule has 0 bridgehead atoms. The first kappa shape index (κ1) is 41.9. The molecule has 10 atom stereocenters. The monoisotopic (exact) mass is 797 g/mol. The molecule has 16 heteroatoms. The Labute approximate surface area is 334 Å². The van der Waals surface area contributed by atoms with Crippen molar-refractivity contribution in [3.8, 4) is 0 Å². The number of carbonyl (C=O) groups is 3. The van der Waals surface area contributed by atoms with E-state index in [-0.39, 0.29) is 24.3 Å². The average molecular weight is 798 g/mol. The van der Waals surface area contributed by atoms with Gasteiger partial charge in [0.25, 0.3) is 0 Å². The van der Waals surface area contributed by atoms with Gasteiger partial charge in [0, 0.05) is 12.0 Å². The van der Waals surface area contributed by atoms with Crippen molar-refractivity contribution >= 4 is 17.9 Å². The van der Waals surface area contributed by atoms with E-state index in [9.17, 15) is 25.0 Å². The van der Waals surface area contributed by atoms with Gasteiger partial charge in [0.2, 0.25) is 0 Å². The molecule has 2 saturated heterocycles. The van der Waals surface area contributed by atoms with E-state index < -0.39 is 85.9 Å². The fraction of sp³-hybridized carbons (Fsp3) is 0.357. The van der Waals surface area contributed by atoms with Crippen LogP contribution in [0, 0.1) is 0 Å². The van der Waals surface area contributed by atoms with Gasteiger partial charge in [0.1, 0.15) is 43.2 Å². The van der Waals surface area contributed by atoms with Gasteiger partial charge in [0.15, 0.2) is 24.8 Å². The fourth-order valence-electron chi connectivity index (χ4n) is 6.59. The van der Waals surface area contributed by atoms with Crippen LogP contribution in [-0.4, -0.2) is 105 Å². The largest absolute Gasteiger partial charge is 0.467 e. The van der Waals surface area contributed by atoms with Crippen LogP contribution in [-0.2, 0) is 60.6 Å². The highest BCUT2D eigenvalue weighted by Crippen LogP contribution is 2.35. The lowest BCUT2D eigenvalue weighted by molar-refractivity contribution is -0.347. The SMILES string of the molecule is COC(=O)[C@@H]1O[C@@H](O[C@H]2[C@H](OCc3ccccc3)[C@@H](N=[N+]=[N-])[C@@H](OC)O[C@@H]2COC(=O)c2ccccc2)[C@@H](OC(=O)c2ccccc2)[C@@H](OCc2ccccc2)[C@@H]1O. The van der Waals surface area contributed by atoms with Crippen LogP contribution in [0.2, 0.25) is 0 Å². The highest BCUT2D eigenvalue weighted by Gasteiger charge is 2.56. The summed E-state index contributed by atoms with van der Waals surface area (Å²) in [5, 5.41) is 15.6. The number of azide groups is 1. The molecule has 16 nitrogen and oxygen atoms in total. The number of nitrogens with zero attached hydrogens (tertiary/aromatic N) is 3. The van der Waals surface area contributed by atoms with E-state index in [2.05, 4.69) is 10.0 Å². The number of benzene rings is 4. The Hall–Kier alpha value is -5.68. The molecule has 2 aliphatic rings. The maximum absolute atomic E-state index is 13.7. The van der Waals surface area contributed by atoms with Crippen LogP contribution in [0.3, 0.4) is 0 Å². The number of carbonyl (C=O) groups excluding carboxylic acids is 3. The average Bonchev–Trinajstić information content (AvgIpc) is 3.27. The molecule has 6 rings (SSSR count). The summed E-state index contributed by atoms with van der Waals surface area (Å²) < 4.78 is 54.1. The molecule has 1 N–H and O–H groups in total. The molecule has 304 valence electrons. The Morgan fingerprint density at radius 1 is 0.690 bits per heavy atom. The molecule has 0 radical (unpaired) electrons. The van der Waals surface area contributed by atoms with E-state index in [1.165, 1.54) is 19.2 Å². The van der Waals surface area contributed by atoms with E-state index in [1.54, 1.807) is 72.8 Å². The zero-order chi connectivity index (χ0) is 40.9. The van der Waals surface area contributed by atoms with Crippen LogP contribution in [0.4, 0.5) is 0 Å². The Bertz CT molecular complexity index is 1970. The van der Waals surface area contributed by atoms with E-state index in [4.69, 9.17) is 42.6 Å². The second kappa shape index (κ2) is 20.7. The third-order valence-electron chi connectivity index (χ3n) is 9.49. The molecular weight excluding hydrogens is 754 g/mol. The maximum Gasteiger partial charge on any atom is 0.338 e. The number of aliphatic hydroxyl groups is 1. The highest BCUT2D eigenvalue weighted by molar-refractivity contribution is 5.90. The number of aliphatic hydroxyl groups excluding tert-OH is 1. The van der Waals surface area contributed by atoms with Crippen LogP contribution in [0.25, 0.3) is 10.4 Å². The molecule has 0 amide bonds. The summed E-state index contributed by atoms with van der Waals surface area (Å²) in [5.74, 6) is -2.47. The zero-order valence-corrected chi connectivity index (χ0v) is 31.6. The summed E-state index contributed by atoms with van der Waals surface area (Å²) in [7, 11) is 2.46. The molecule has 4 aromatic rings. The molecule has 2 fully saturated rings. The first-order chi connectivity index (χ1) is 28.3. The summed E-state index contributed by atoms with van der Waals surface area (Å²) in [6.07, 6.45) is -13.2. The molecule has 4 aromatic carbocycles. The topological polar surface area (TPSA) is 203 Å². The fourth-order valence-corrected chi connectivity index (χ4v) is 6.59. The zero-order valence-electron chi connectivity index (χ0n) is 31.6. The third kappa shape index (κ3) is 10.4. The molecule has 0 spiro atoms. The summed E-state index contributed by atoms with van der Waals surface area (Å²) in [5.41, 5.74) is 11.6. The lowest BCUT2D eigenvalue weighted by Crippen LogP contribution is -2.66. The minimum atomic E-state index is -1.73. The van der Waals surface area contributed by atoms with Gasteiger partial charge in [-0.15, -0.1) is 0 Å². The van der Waals surface area contributed by atoms with Gasteiger partial charge in [-0.3, -0.25) is 0 Å². The molecular formula is C42H43N3O13. The van der Waals surface area contributed by atoms with E-state index >= 15 is 0 Å². The van der Waals surface area contributed by atoms with Crippen molar-refractivity contribution in [2.24, 2.45) is 5.11 Å². The Kier molecular flexibility index (Phi) is 14.9. The Morgan fingerprint density at radius 3 is 1.76 bits per heavy atom. The van der Waals surface area contributed by atoms with Gasteiger partial charge in [-0.2, -0.15) is 0 Å². The second-order valence-electron chi connectivity index (χ2n) is 13.2. The summed E-state index contributed by atoms with van der Waals surface area (Å²) in [4.78, 5) is 43.1. The summed E-state index contributed by atoms with van der Waals surface area (Å²) in [6, 6.07) is 33.3. The van der Waals surface area contributed by atoms with Crippen molar-refractivity contribution in [2.45, 2.75) is 74.6 Å². The Balaban J connectivity index is 1.41. The summed E-state index contributed by atoms with van der Waals surface area (Å²) in [6.45, 7) is -0.533. The Morgan fingerprint density at radius 2 is 1.22 bits per heavy atom. The minimum absolute atomic E-state index is 0.0139. The quantitative estimate of drug-likeness (QED) is 0.0526. The number of hydrogen-bond acceptors (Lipinski definition) is 14. The number of hydrogen-bond donors (Lipinski definition) is 1. The standard InChI is InChI=1S/C42H43N3O13/c1-50-40(49)36-32(46)35(53-24-27-17-9-4-10-18-27)37(56-39(48)29-21-13-6-14-22-29)42(58-36)57-33-30(25-54-38(47)28-19-11-5-12-20-28)55-41(51-2)31(44-45-43)34(33)52-23-26-15-7-3-8-16-26/h3-22,30-37,41-42,46H,23-25H2,1-2H3/t30-,31-,32+,33-,34-,35+,36-,37+,41+,42-/m1/s1. The molecule has 0 aromatic heterocycles. The van der Waals surface area contributed by atoms with Crippen molar-refractivity contribution in [3.63, 3.8) is 0 Å². The molecule has 58 heavy (non-hydrogen) atoms. The second-order valence-corrected chi connectivity index (χ2v) is 13.2. The predicted octanol–water partition coefficient (Wildman–Crippen LogP) is 4.93. The van der Waals surface area contributed by atoms with Gasteiger partial charge < -0.3 is 47.7 Å².